The Labute approximate surface area is 111 Å². The molecule has 1 aliphatic heterocycles. The molecule has 6 nitrogen and oxygen atoms in total. The average molecular weight is 258 g/mol. The van der Waals surface area contributed by atoms with Crippen molar-refractivity contribution in [2.45, 2.75) is 6.92 Å². The Morgan fingerprint density at radius 3 is 2.42 bits per heavy atom. The van der Waals surface area contributed by atoms with Gasteiger partial charge in [0.1, 0.15) is 17.5 Å². The minimum absolute atomic E-state index is 0.0247. The molecule has 1 aromatic rings. The molecule has 2 heterocycles. The summed E-state index contributed by atoms with van der Waals surface area (Å²) in [5, 5.41) is 8.77. The first-order valence-corrected chi connectivity index (χ1v) is 6.04. The molecule has 0 saturated carbocycles. The normalized spacial score (nSPS) is 14.9. The van der Waals surface area contributed by atoms with E-state index >= 15 is 0 Å². The van der Waals surface area contributed by atoms with E-state index in [1.54, 1.807) is 28.0 Å². The summed E-state index contributed by atoms with van der Waals surface area (Å²) in [6, 6.07) is 6.71. The van der Waals surface area contributed by atoms with E-state index in [9.17, 15) is 9.59 Å². The van der Waals surface area contributed by atoms with Crippen molar-refractivity contribution in [2.24, 2.45) is 0 Å². The van der Waals surface area contributed by atoms with E-state index < -0.39 is 0 Å². The summed E-state index contributed by atoms with van der Waals surface area (Å²) in [5.41, 5.74) is 0.503. The lowest BCUT2D eigenvalue weighted by atomic mass is 10.2. The molecule has 0 spiro atoms. The van der Waals surface area contributed by atoms with Crippen LogP contribution in [0.5, 0.6) is 0 Å². The number of amides is 2. The van der Waals surface area contributed by atoms with Gasteiger partial charge < -0.3 is 9.80 Å². The average Bonchev–Trinajstić information content (AvgIpc) is 2.46. The zero-order chi connectivity index (χ0) is 13.8. The van der Waals surface area contributed by atoms with Crippen LogP contribution in [0, 0.1) is 11.3 Å². The van der Waals surface area contributed by atoms with Gasteiger partial charge >= 0.3 is 0 Å². The van der Waals surface area contributed by atoms with Crippen molar-refractivity contribution < 1.29 is 9.59 Å². The third kappa shape index (κ3) is 2.88. The van der Waals surface area contributed by atoms with Crippen LogP contribution in [0.2, 0.25) is 0 Å². The van der Waals surface area contributed by atoms with Crippen LogP contribution < -0.4 is 0 Å². The predicted molar refractivity (Wildman–Crippen MR) is 67.1 cm³/mol. The van der Waals surface area contributed by atoms with Crippen molar-refractivity contribution in [1.82, 2.24) is 14.8 Å². The summed E-state index contributed by atoms with van der Waals surface area (Å²) in [6.45, 7) is 3.60. The quantitative estimate of drug-likeness (QED) is 0.723. The number of hydrogen-bond donors (Lipinski definition) is 0. The van der Waals surface area contributed by atoms with E-state index in [2.05, 4.69) is 4.98 Å². The fourth-order valence-electron chi connectivity index (χ4n) is 2.00. The van der Waals surface area contributed by atoms with Gasteiger partial charge in [-0.25, -0.2) is 4.98 Å². The number of aromatic nitrogens is 1. The fraction of sp³-hybridized carbons (Fsp3) is 0.385. The van der Waals surface area contributed by atoms with Gasteiger partial charge in [-0.1, -0.05) is 6.07 Å². The van der Waals surface area contributed by atoms with E-state index in [1.165, 1.54) is 6.92 Å². The SMILES string of the molecule is CC(=O)N1CCN(C(=O)c2cccc(C#N)n2)CC1. The van der Waals surface area contributed by atoms with Gasteiger partial charge in [0.25, 0.3) is 5.91 Å². The lowest BCUT2D eigenvalue weighted by Gasteiger charge is -2.34. The number of carbonyl (C=O) groups is 2. The van der Waals surface area contributed by atoms with Crippen molar-refractivity contribution in [3.8, 4) is 6.07 Å². The maximum Gasteiger partial charge on any atom is 0.272 e. The second kappa shape index (κ2) is 5.48. The molecule has 0 radical (unpaired) electrons. The number of rotatable bonds is 1. The number of carbonyl (C=O) groups excluding carboxylic acids is 2. The number of pyridine rings is 1. The van der Waals surface area contributed by atoms with Crippen LogP contribution in [0.1, 0.15) is 23.1 Å². The Hall–Kier alpha value is -2.42. The molecule has 1 aliphatic rings. The van der Waals surface area contributed by atoms with E-state index in [0.29, 0.717) is 26.2 Å². The summed E-state index contributed by atoms with van der Waals surface area (Å²) in [6.07, 6.45) is 0. The molecule has 1 aromatic heterocycles. The van der Waals surface area contributed by atoms with Gasteiger partial charge in [-0.3, -0.25) is 9.59 Å². The van der Waals surface area contributed by atoms with E-state index in [4.69, 9.17) is 5.26 Å². The van der Waals surface area contributed by atoms with Crippen molar-refractivity contribution >= 4 is 11.8 Å². The first kappa shape index (κ1) is 13.0. The second-order valence-electron chi connectivity index (χ2n) is 4.32. The zero-order valence-corrected chi connectivity index (χ0v) is 10.7. The summed E-state index contributed by atoms with van der Waals surface area (Å²) in [7, 11) is 0. The van der Waals surface area contributed by atoms with Gasteiger partial charge in [-0.2, -0.15) is 5.26 Å². The van der Waals surface area contributed by atoms with Crippen LogP contribution in [-0.4, -0.2) is 52.8 Å². The maximum atomic E-state index is 12.2. The van der Waals surface area contributed by atoms with Crippen LogP contribution in [-0.2, 0) is 4.79 Å². The minimum atomic E-state index is -0.194. The molecular formula is C13H14N4O2. The van der Waals surface area contributed by atoms with Crippen LogP contribution in [0.15, 0.2) is 18.2 Å². The Morgan fingerprint density at radius 1 is 1.21 bits per heavy atom. The third-order valence-electron chi connectivity index (χ3n) is 3.09. The van der Waals surface area contributed by atoms with Gasteiger partial charge in [-0.15, -0.1) is 0 Å². The monoisotopic (exact) mass is 258 g/mol. The molecule has 19 heavy (non-hydrogen) atoms. The fourth-order valence-corrected chi connectivity index (χ4v) is 2.00. The molecule has 0 atom stereocenters. The van der Waals surface area contributed by atoms with Gasteiger partial charge in [-0.05, 0) is 12.1 Å². The van der Waals surface area contributed by atoms with Crippen molar-refractivity contribution in [3.05, 3.63) is 29.6 Å². The largest absolute Gasteiger partial charge is 0.339 e. The van der Waals surface area contributed by atoms with Gasteiger partial charge in [0.05, 0.1) is 0 Å². The van der Waals surface area contributed by atoms with E-state index in [0.717, 1.165) is 0 Å². The third-order valence-corrected chi connectivity index (χ3v) is 3.09. The number of piperazine rings is 1. The summed E-state index contributed by atoms with van der Waals surface area (Å²) < 4.78 is 0. The first-order chi connectivity index (χ1) is 9.11. The molecule has 0 unspecified atom stereocenters. The highest BCUT2D eigenvalue weighted by atomic mass is 16.2. The lowest BCUT2D eigenvalue weighted by Crippen LogP contribution is -2.50. The summed E-state index contributed by atoms with van der Waals surface area (Å²) in [4.78, 5) is 30.8. The molecule has 0 bridgehead atoms. The topological polar surface area (TPSA) is 77.3 Å². The van der Waals surface area contributed by atoms with Crippen molar-refractivity contribution in [2.75, 3.05) is 26.2 Å². The Bertz CT molecular complexity index is 542. The molecule has 1 saturated heterocycles. The molecule has 0 N–H and O–H groups in total. The Balaban J connectivity index is 2.05. The maximum absolute atomic E-state index is 12.2. The molecular weight excluding hydrogens is 244 g/mol. The van der Waals surface area contributed by atoms with Gasteiger partial charge in [0.15, 0.2) is 0 Å². The molecule has 2 amide bonds. The van der Waals surface area contributed by atoms with Crippen LogP contribution >= 0.6 is 0 Å². The van der Waals surface area contributed by atoms with Gasteiger partial charge in [0, 0.05) is 33.1 Å². The predicted octanol–water partition coefficient (Wildman–Crippen LogP) is 0.258. The van der Waals surface area contributed by atoms with Gasteiger partial charge in [0.2, 0.25) is 5.91 Å². The highest BCUT2D eigenvalue weighted by Crippen LogP contribution is 2.08. The lowest BCUT2D eigenvalue weighted by molar-refractivity contribution is -0.130. The standard InChI is InChI=1S/C13H14N4O2/c1-10(18)16-5-7-17(8-6-16)13(19)12-4-2-3-11(9-14)15-12/h2-4H,5-8H2,1H3. The van der Waals surface area contributed by atoms with Crippen LogP contribution in [0.25, 0.3) is 0 Å². The first-order valence-electron chi connectivity index (χ1n) is 6.04. The molecule has 6 heteroatoms. The number of nitriles is 1. The highest BCUT2D eigenvalue weighted by molar-refractivity contribution is 5.92. The minimum Gasteiger partial charge on any atom is -0.339 e. The van der Waals surface area contributed by atoms with Crippen LogP contribution in [0.4, 0.5) is 0 Å². The zero-order valence-electron chi connectivity index (χ0n) is 10.7. The molecule has 98 valence electrons. The van der Waals surface area contributed by atoms with E-state index in [1.807, 2.05) is 6.07 Å². The Kier molecular flexibility index (Phi) is 3.76. The summed E-state index contributed by atoms with van der Waals surface area (Å²) in [5.74, 6) is -0.169. The van der Waals surface area contributed by atoms with E-state index in [-0.39, 0.29) is 23.2 Å². The molecule has 0 aliphatic carbocycles. The van der Waals surface area contributed by atoms with Crippen molar-refractivity contribution in [1.29, 1.82) is 5.26 Å². The molecule has 1 fully saturated rings. The highest BCUT2D eigenvalue weighted by Gasteiger charge is 2.23. The Morgan fingerprint density at radius 2 is 1.84 bits per heavy atom. The van der Waals surface area contributed by atoms with Crippen molar-refractivity contribution in [3.63, 3.8) is 0 Å². The number of nitrogens with zero attached hydrogens (tertiary/aromatic N) is 4. The molecule has 2 rings (SSSR count). The van der Waals surface area contributed by atoms with Crippen LogP contribution in [0.3, 0.4) is 0 Å². The molecule has 0 aromatic carbocycles. The smallest absolute Gasteiger partial charge is 0.272 e. The second-order valence-corrected chi connectivity index (χ2v) is 4.32. The summed E-state index contributed by atoms with van der Waals surface area (Å²) >= 11 is 0. The number of hydrogen-bond acceptors (Lipinski definition) is 4.